The first kappa shape index (κ1) is 17.5. The van der Waals surface area contributed by atoms with Gasteiger partial charge in [-0.15, -0.1) is 0 Å². The summed E-state index contributed by atoms with van der Waals surface area (Å²) in [5.74, 6) is 4.21. The Morgan fingerprint density at radius 3 is 2.81 bits per heavy atom. The number of rotatable bonds is 4. The van der Waals surface area contributed by atoms with Crippen LogP contribution in [0, 0.1) is 11.3 Å². The van der Waals surface area contributed by atoms with Crippen LogP contribution >= 0.6 is 23.5 Å². The van der Waals surface area contributed by atoms with E-state index >= 15 is 0 Å². The molecule has 3 nitrogen and oxygen atoms in total. The van der Waals surface area contributed by atoms with Crippen LogP contribution in [0.25, 0.3) is 0 Å². The van der Waals surface area contributed by atoms with Crippen LogP contribution in [-0.2, 0) is 9.53 Å². The minimum Gasteiger partial charge on any atom is -0.377 e. The molecule has 2 aliphatic heterocycles. The molecule has 1 N–H and O–H groups in total. The van der Waals surface area contributed by atoms with Crippen molar-refractivity contribution >= 4 is 29.4 Å². The van der Waals surface area contributed by atoms with Gasteiger partial charge in [0.2, 0.25) is 5.91 Å². The summed E-state index contributed by atoms with van der Waals surface area (Å²) < 4.78 is 5.98. The Kier molecular flexibility index (Phi) is 6.76. The van der Waals surface area contributed by atoms with Crippen LogP contribution in [0.4, 0.5) is 0 Å². The molecule has 0 aromatic carbocycles. The molecule has 2 fully saturated rings. The molecule has 0 aromatic rings. The number of carbonyl (C=O) groups excluding carboxylic acids is 1. The predicted molar refractivity (Wildman–Crippen MR) is 93.1 cm³/mol. The molecular weight excluding hydrogens is 302 g/mol. The second-order valence-corrected chi connectivity index (χ2v) is 9.69. The summed E-state index contributed by atoms with van der Waals surface area (Å²) in [4.78, 5) is 12.1. The highest BCUT2D eigenvalue weighted by Gasteiger charge is 2.35. The van der Waals surface area contributed by atoms with E-state index in [0.717, 1.165) is 31.7 Å². The predicted octanol–water partition coefficient (Wildman–Crippen LogP) is 3.18. The van der Waals surface area contributed by atoms with Gasteiger partial charge in [0.15, 0.2) is 0 Å². The standard InChI is InChI=1S/C16H29NO2S2/c1-16(2,3)15-12(5-4-6-19-15)10-17-14(18)9-13-11-20-7-8-21-13/h12-13,15H,4-11H2,1-3H3,(H,17,18)/t12-,13-,15-/m1/s1. The minimum atomic E-state index is 0.145. The maximum Gasteiger partial charge on any atom is 0.221 e. The number of hydrogen-bond donors (Lipinski definition) is 1. The highest BCUT2D eigenvalue weighted by atomic mass is 32.2. The minimum absolute atomic E-state index is 0.145. The lowest BCUT2D eigenvalue weighted by Gasteiger charge is -2.40. The number of ether oxygens (including phenoxy) is 1. The molecule has 0 bridgehead atoms. The summed E-state index contributed by atoms with van der Waals surface area (Å²) in [5, 5.41) is 3.66. The summed E-state index contributed by atoms with van der Waals surface area (Å²) in [6.45, 7) is 8.32. The normalized spacial score (nSPS) is 30.9. The van der Waals surface area contributed by atoms with Crippen molar-refractivity contribution in [1.29, 1.82) is 0 Å². The second-order valence-electron chi connectivity index (χ2n) is 7.14. The van der Waals surface area contributed by atoms with Gasteiger partial charge >= 0.3 is 0 Å². The van der Waals surface area contributed by atoms with Gasteiger partial charge in [-0.2, -0.15) is 23.5 Å². The highest BCUT2D eigenvalue weighted by Crippen LogP contribution is 2.33. The van der Waals surface area contributed by atoms with E-state index in [1.54, 1.807) is 0 Å². The maximum absolute atomic E-state index is 12.1. The Balaban J connectivity index is 1.76. The second kappa shape index (κ2) is 8.11. The molecule has 1 amide bonds. The number of carbonyl (C=O) groups is 1. The zero-order valence-corrected chi connectivity index (χ0v) is 15.2. The Bertz CT molecular complexity index is 338. The summed E-state index contributed by atoms with van der Waals surface area (Å²) in [6, 6.07) is 0. The number of nitrogens with one attached hydrogen (secondary N) is 1. The van der Waals surface area contributed by atoms with Crippen molar-refractivity contribution in [2.24, 2.45) is 11.3 Å². The Hall–Kier alpha value is 0.130. The maximum atomic E-state index is 12.1. The van der Waals surface area contributed by atoms with Crippen LogP contribution in [-0.4, -0.2) is 47.7 Å². The molecule has 0 aromatic heterocycles. The van der Waals surface area contributed by atoms with Gasteiger partial charge in [-0.3, -0.25) is 4.79 Å². The van der Waals surface area contributed by atoms with Gasteiger partial charge < -0.3 is 10.1 Å². The van der Waals surface area contributed by atoms with Crippen molar-refractivity contribution in [3.8, 4) is 0 Å². The molecule has 0 saturated carbocycles. The van der Waals surface area contributed by atoms with E-state index in [1.165, 1.54) is 11.5 Å². The number of amides is 1. The Morgan fingerprint density at radius 1 is 1.33 bits per heavy atom. The third-order valence-corrected chi connectivity index (χ3v) is 7.00. The van der Waals surface area contributed by atoms with E-state index in [-0.39, 0.29) is 17.4 Å². The van der Waals surface area contributed by atoms with Crippen LogP contribution in [0.1, 0.15) is 40.0 Å². The van der Waals surface area contributed by atoms with Gasteiger partial charge in [-0.25, -0.2) is 0 Å². The molecule has 122 valence electrons. The first-order chi connectivity index (χ1) is 9.97. The largest absolute Gasteiger partial charge is 0.377 e. The van der Waals surface area contributed by atoms with Crippen LogP contribution in [0.3, 0.4) is 0 Å². The van der Waals surface area contributed by atoms with Crippen LogP contribution < -0.4 is 5.32 Å². The molecule has 2 rings (SSSR count). The van der Waals surface area contributed by atoms with Gasteiger partial charge in [0.1, 0.15) is 0 Å². The van der Waals surface area contributed by atoms with Crippen molar-refractivity contribution in [1.82, 2.24) is 5.32 Å². The average Bonchev–Trinajstić information content (AvgIpc) is 2.45. The summed E-state index contributed by atoms with van der Waals surface area (Å²) in [6.07, 6.45) is 3.20. The van der Waals surface area contributed by atoms with Crippen molar-refractivity contribution in [2.75, 3.05) is 30.4 Å². The van der Waals surface area contributed by atoms with Gasteiger partial charge in [-0.1, -0.05) is 20.8 Å². The van der Waals surface area contributed by atoms with E-state index < -0.39 is 0 Å². The van der Waals surface area contributed by atoms with Crippen LogP contribution in [0.15, 0.2) is 0 Å². The number of hydrogen-bond acceptors (Lipinski definition) is 4. The van der Waals surface area contributed by atoms with E-state index in [1.807, 2.05) is 23.5 Å². The van der Waals surface area contributed by atoms with Crippen LogP contribution in [0.2, 0.25) is 0 Å². The summed E-state index contributed by atoms with van der Waals surface area (Å²) >= 11 is 3.93. The summed E-state index contributed by atoms with van der Waals surface area (Å²) in [5.41, 5.74) is 0.145. The monoisotopic (exact) mass is 331 g/mol. The molecule has 3 atom stereocenters. The van der Waals surface area contributed by atoms with Crippen molar-refractivity contribution in [3.63, 3.8) is 0 Å². The quantitative estimate of drug-likeness (QED) is 0.859. The third kappa shape index (κ3) is 5.68. The van der Waals surface area contributed by atoms with Crippen molar-refractivity contribution in [3.05, 3.63) is 0 Å². The van der Waals surface area contributed by atoms with E-state index in [2.05, 4.69) is 26.1 Å². The molecule has 5 heteroatoms. The smallest absolute Gasteiger partial charge is 0.221 e. The molecule has 0 radical (unpaired) electrons. The summed E-state index contributed by atoms with van der Waals surface area (Å²) in [7, 11) is 0. The average molecular weight is 332 g/mol. The fourth-order valence-corrected chi connectivity index (χ4v) is 5.87. The topological polar surface area (TPSA) is 38.3 Å². The first-order valence-corrected chi connectivity index (χ1v) is 10.2. The lowest BCUT2D eigenvalue weighted by molar-refractivity contribution is -0.122. The van der Waals surface area contributed by atoms with Gasteiger partial charge in [0.25, 0.3) is 0 Å². The van der Waals surface area contributed by atoms with Gasteiger partial charge in [-0.05, 0) is 18.3 Å². The molecule has 2 heterocycles. The molecule has 2 aliphatic rings. The van der Waals surface area contributed by atoms with E-state index in [0.29, 0.717) is 17.6 Å². The van der Waals surface area contributed by atoms with Crippen LogP contribution in [0.5, 0.6) is 0 Å². The Morgan fingerprint density at radius 2 is 2.14 bits per heavy atom. The van der Waals surface area contributed by atoms with Gasteiger partial charge in [0, 0.05) is 48.0 Å². The fraction of sp³-hybridized carbons (Fsp3) is 0.938. The number of thioether (sulfide) groups is 2. The lowest BCUT2D eigenvalue weighted by atomic mass is 9.78. The lowest BCUT2D eigenvalue weighted by Crippen LogP contribution is -2.45. The van der Waals surface area contributed by atoms with Crippen molar-refractivity contribution in [2.45, 2.75) is 51.4 Å². The molecule has 0 spiro atoms. The highest BCUT2D eigenvalue weighted by molar-refractivity contribution is 8.06. The first-order valence-electron chi connectivity index (χ1n) is 8.04. The third-order valence-electron chi connectivity index (χ3n) is 4.16. The molecule has 0 aliphatic carbocycles. The van der Waals surface area contributed by atoms with E-state index in [9.17, 15) is 4.79 Å². The van der Waals surface area contributed by atoms with Gasteiger partial charge in [0.05, 0.1) is 6.10 Å². The fourth-order valence-electron chi connectivity index (χ4n) is 3.19. The van der Waals surface area contributed by atoms with Crippen molar-refractivity contribution < 1.29 is 9.53 Å². The molecule has 2 saturated heterocycles. The SMILES string of the molecule is CC(C)(C)[C@@H]1OCCC[C@@H]1CNC(=O)C[C@@H]1CSCCS1. The zero-order valence-electron chi connectivity index (χ0n) is 13.5. The molecule has 0 unspecified atom stereocenters. The zero-order chi connectivity index (χ0) is 15.3. The van der Waals surface area contributed by atoms with E-state index in [4.69, 9.17) is 4.74 Å². The Labute approximate surface area is 137 Å². The molecule has 21 heavy (non-hydrogen) atoms. The molecular formula is C16H29NO2S2.